The van der Waals surface area contributed by atoms with Crippen molar-refractivity contribution in [1.29, 1.82) is 0 Å². The van der Waals surface area contributed by atoms with E-state index in [1.807, 2.05) is 42.5 Å². The molecule has 2 heterocycles. The minimum absolute atomic E-state index is 0.141. The number of furan rings is 1. The molecule has 0 spiro atoms. The summed E-state index contributed by atoms with van der Waals surface area (Å²) in [5.74, 6) is 1.24. The normalized spacial score (nSPS) is 11.9. The molecule has 1 amide bonds. The quantitative estimate of drug-likeness (QED) is 0.217. The Hall–Kier alpha value is -3.94. The van der Waals surface area contributed by atoms with Crippen LogP contribution in [-0.4, -0.2) is 16.0 Å². The van der Waals surface area contributed by atoms with Gasteiger partial charge in [-0.3, -0.25) is 10.1 Å². The van der Waals surface area contributed by atoms with Crippen molar-refractivity contribution in [3.05, 3.63) is 95.2 Å². The highest BCUT2D eigenvalue weighted by atomic mass is 35.5. The molecule has 0 radical (unpaired) electrons. The summed E-state index contributed by atoms with van der Waals surface area (Å²) in [6.07, 6.45) is 1.07. The fourth-order valence-corrected chi connectivity index (χ4v) is 4.29. The smallest absolute Gasteiger partial charge is 0.293 e. The number of carbonyl (C=O) groups excluding carboxylic acids is 1. The summed E-state index contributed by atoms with van der Waals surface area (Å²) in [6, 6.07) is 24.1. The van der Waals surface area contributed by atoms with Crippen LogP contribution < -0.4 is 10.6 Å². The zero-order valence-electron chi connectivity index (χ0n) is 20.2. The number of carbonyl (C=O) groups is 1. The van der Waals surface area contributed by atoms with Gasteiger partial charge in [-0.25, -0.2) is 4.98 Å². The lowest BCUT2D eigenvalue weighted by Crippen LogP contribution is -2.33. The predicted octanol–water partition coefficient (Wildman–Crippen LogP) is 8.05. The molecule has 0 saturated carbocycles. The highest BCUT2D eigenvalue weighted by Gasteiger charge is 2.15. The van der Waals surface area contributed by atoms with E-state index in [0.29, 0.717) is 28.3 Å². The minimum Gasteiger partial charge on any atom is -0.451 e. The van der Waals surface area contributed by atoms with E-state index in [1.165, 1.54) is 5.56 Å². The Labute approximate surface area is 224 Å². The van der Waals surface area contributed by atoms with Crippen LogP contribution in [-0.2, 0) is 0 Å². The SMILES string of the molecule is CCC(C)c1ccc2oc(-c3ccc(NC(=S)NC(=O)c4ccc(-c5cccc(Cl)c5)o4)cc3)nc2c1. The van der Waals surface area contributed by atoms with Gasteiger partial charge in [0.25, 0.3) is 5.91 Å². The molecule has 6 nitrogen and oxygen atoms in total. The van der Waals surface area contributed by atoms with Gasteiger partial charge in [0.2, 0.25) is 5.89 Å². The number of amides is 1. The molecule has 0 aliphatic rings. The average Bonchev–Trinajstić information content (AvgIpc) is 3.56. The number of anilines is 1. The second kappa shape index (κ2) is 10.6. The molecule has 0 fully saturated rings. The maximum absolute atomic E-state index is 12.6. The van der Waals surface area contributed by atoms with Crippen molar-refractivity contribution in [2.45, 2.75) is 26.2 Å². The Kier molecular flexibility index (Phi) is 7.08. The predicted molar refractivity (Wildman–Crippen MR) is 151 cm³/mol. The zero-order valence-corrected chi connectivity index (χ0v) is 21.8. The Morgan fingerprint density at radius 3 is 2.57 bits per heavy atom. The maximum atomic E-state index is 12.6. The number of hydrogen-bond donors (Lipinski definition) is 2. The Bertz CT molecular complexity index is 1590. The van der Waals surface area contributed by atoms with Gasteiger partial charge < -0.3 is 14.2 Å². The third kappa shape index (κ3) is 5.58. The van der Waals surface area contributed by atoms with Gasteiger partial charge in [0, 0.05) is 21.8 Å². The van der Waals surface area contributed by atoms with Crippen LogP contribution in [0.1, 0.15) is 42.3 Å². The van der Waals surface area contributed by atoms with Crippen LogP contribution in [0, 0.1) is 0 Å². The average molecular weight is 530 g/mol. The van der Waals surface area contributed by atoms with Crippen LogP contribution >= 0.6 is 23.8 Å². The van der Waals surface area contributed by atoms with Crippen LogP contribution in [0.25, 0.3) is 33.9 Å². The maximum Gasteiger partial charge on any atom is 0.293 e. The van der Waals surface area contributed by atoms with Crippen molar-refractivity contribution in [1.82, 2.24) is 10.3 Å². The lowest BCUT2D eigenvalue weighted by Gasteiger charge is -2.09. The summed E-state index contributed by atoms with van der Waals surface area (Å²) < 4.78 is 11.6. The molecule has 8 heteroatoms. The Morgan fingerprint density at radius 1 is 1.00 bits per heavy atom. The van der Waals surface area contributed by atoms with E-state index >= 15 is 0 Å². The third-order valence-electron chi connectivity index (χ3n) is 6.15. The van der Waals surface area contributed by atoms with Gasteiger partial charge in [0.15, 0.2) is 16.5 Å². The van der Waals surface area contributed by atoms with Gasteiger partial charge in [-0.1, -0.05) is 43.6 Å². The first kappa shape index (κ1) is 24.7. The first-order valence-corrected chi connectivity index (χ1v) is 12.7. The fraction of sp³-hybridized carbons (Fsp3) is 0.138. The lowest BCUT2D eigenvalue weighted by atomic mass is 9.98. The van der Waals surface area contributed by atoms with E-state index in [2.05, 4.69) is 41.6 Å². The molecule has 0 bridgehead atoms. The third-order valence-corrected chi connectivity index (χ3v) is 6.59. The molecule has 2 N–H and O–H groups in total. The number of oxazole rings is 1. The van der Waals surface area contributed by atoms with Crippen LogP contribution in [0.2, 0.25) is 5.02 Å². The highest BCUT2D eigenvalue weighted by Crippen LogP contribution is 2.29. The Balaban J connectivity index is 1.22. The summed E-state index contributed by atoms with van der Waals surface area (Å²) in [7, 11) is 0. The lowest BCUT2D eigenvalue weighted by molar-refractivity contribution is 0.0951. The van der Waals surface area contributed by atoms with Crippen molar-refractivity contribution in [2.75, 3.05) is 5.32 Å². The molecule has 186 valence electrons. The monoisotopic (exact) mass is 529 g/mol. The molecule has 0 saturated heterocycles. The summed E-state index contributed by atoms with van der Waals surface area (Å²) >= 11 is 11.3. The van der Waals surface area contributed by atoms with Gasteiger partial charge in [-0.15, -0.1) is 0 Å². The summed E-state index contributed by atoms with van der Waals surface area (Å²) in [5, 5.41) is 6.38. The second-order valence-corrected chi connectivity index (χ2v) is 9.56. The second-order valence-electron chi connectivity index (χ2n) is 8.72. The molecule has 2 aromatic heterocycles. The molecule has 1 atom stereocenters. The summed E-state index contributed by atoms with van der Waals surface area (Å²) in [4.78, 5) is 17.3. The number of hydrogen-bond acceptors (Lipinski definition) is 5. The number of rotatable bonds is 6. The van der Waals surface area contributed by atoms with Crippen LogP contribution in [0.5, 0.6) is 0 Å². The molecule has 5 rings (SSSR count). The van der Waals surface area contributed by atoms with Crippen molar-refractivity contribution in [2.24, 2.45) is 0 Å². The number of nitrogens with zero attached hydrogens (tertiary/aromatic N) is 1. The zero-order chi connectivity index (χ0) is 25.9. The largest absolute Gasteiger partial charge is 0.451 e. The van der Waals surface area contributed by atoms with E-state index < -0.39 is 5.91 Å². The van der Waals surface area contributed by atoms with Gasteiger partial charge in [-0.2, -0.15) is 0 Å². The number of halogens is 1. The molecule has 3 aromatic carbocycles. The van der Waals surface area contributed by atoms with Crippen LogP contribution in [0.15, 0.2) is 87.7 Å². The van der Waals surface area contributed by atoms with Gasteiger partial charge >= 0.3 is 0 Å². The van der Waals surface area contributed by atoms with Crippen molar-refractivity contribution >= 4 is 51.6 Å². The molecule has 0 aliphatic carbocycles. The number of fused-ring (bicyclic) bond motifs is 1. The van der Waals surface area contributed by atoms with E-state index in [1.54, 1.807) is 24.3 Å². The van der Waals surface area contributed by atoms with Gasteiger partial charge in [-0.05, 0) is 90.8 Å². The number of nitrogens with one attached hydrogen (secondary N) is 2. The van der Waals surface area contributed by atoms with E-state index in [9.17, 15) is 4.79 Å². The van der Waals surface area contributed by atoms with Crippen molar-refractivity contribution in [3.63, 3.8) is 0 Å². The Morgan fingerprint density at radius 2 is 1.81 bits per heavy atom. The number of benzene rings is 3. The topological polar surface area (TPSA) is 80.3 Å². The van der Waals surface area contributed by atoms with E-state index in [0.717, 1.165) is 28.6 Å². The van der Waals surface area contributed by atoms with Gasteiger partial charge in [0.1, 0.15) is 11.3 Å². The van der Waals surface area contributed by atoms with Crippen LogP contribution in [0.3, 0.4) is 0 Å². The van der Waals surface area contributed by atoms with Gasteiger partial charge in [0.05, 0.1) is 0 Å². The van der Waals surface area contributed by atoms with E-state index in [4.69, 9.17) is 32.7 Å². The minimum atomic E-state index is -0.453. The molecule has 5 aromatic rings. The molecular weight excluding hydrogens is 506 g/mol. The summed E-state index contributed by atoms with van der Waals surface area (Å²) in [5.41, 5.74) is 5.18. The number of thiocarbonyl (C=S) groups is 1. The first-order chi connectivity index (χ1) is 17.9. The van der Waals surface area contributed by atoms with Crippen molar-refractivity contribution < 1.29 is 13.6 Å². The molecule has 37 heavy (non-hydrogen) atoms. The highest BCUT2D eigenvalue weighted by molar-refractivity contribution is 7.80. The van der Waals surface area contributed by atoms with Crippen molar-refractivity contribution in [3.8, 4) is 22.8 Å². The molecule has 1 unspecified atom stereocenters. The summed E-state index contributed by atoms with van der Waals surface area (Å²) in [6.45, 7) is 4.37. The molecule has 0 aliphatic heterocycles. The number of aromatic nitrogens is 1. The molecular formula is C29H24ClN3O3S. The fourth-order valence-electron chi connectivity index (χ4n) is 3.89. The van der Waals surface area contributed by atoms with E-state index in [-0.39, 0.29) is 10.9 Å². The van der Waals surface area contributed by atoms with Crippen LogP contribution in [0.4, 0.5) is 5.69 Å². The first-order valence-electron chi connectivity index (χ1n) is 11.9. The standard InChI is InChI=1S/C29H24ClN3O3S/c1-3-17(2)19-9-12-25-23(16-19)32-28(36-25)18-7-10-22(11-8-18)31-29(37)33-27(34)26-14-13-24(35-26)20-5-4-6-21(30)15-20/h4-17H,3H2,1-2H3,(H2,31,33,34,37).